The molecule has 108 valence electrons. The van der Waals surface area contributed by atoms with Gasteiger partial charge in [0.25, 0.3) is 5.91 Å². The molecule has 2 aromatic carbocycles. The number of nitrogens with two attached hydrogens (primary N) is 1. The smallest absolute Gasteiger partial charge is 0.255 e. The Morgan fingerprint density at radius 2 is 1.86 bits per heavy atom. The van der Waals surface area contributed by atoms with Crippen LogP contribution in [0.3, 0.4) is 0 Å². The molecule has 0 fully saturated rings. The molecule has 0 heterocycles. The molecule has 21 heavy (non-hydrogen) atoms. The number of anilines is 2. The van der Waals surface area contributed by atoms with Crippen LogP contribution in [0.2, 0.25) is 0 Å². The first-order valence-electron chi connectivity index (χ1n) is 6.97. The number of benzene rings is 2. The maximum absolute atomic E-state index is 12.2. The van der Waals surface area contributed by atoms with Crippen LogP contribution in [0, 0.1) is 0 Å². The molecule has 2 aromatic rings. The molecule has 2 rings (SSSR count). The van der Waals surface area contributed by atoms with Crippen molar-refractivity contribution < 1.29 is 4.79 Å². The number of allylic oxidation sites excluding steroid dienone is 1. The minimum Gasteiger partial charge on any atom is -0.398 e. The number of nitrogen functional groups attached to an aromatic ring is 1. The van der Waals surface area contributed by atoms with Crippen LogP contribution in [0.5, 0.6) is 0 Å². The molecule has 0 aromatic heterocycles. The molecule has 3 heteroatoms. The topological polar surface area (TPSA) is 55.1 Å². The summed E-state index contributed by atoms with van der Waals surface area (Å²) in [5.74, 6) is -0.130. The largest absolute Gasteiger partial charge is 0.398 e. The van der Waals surface area contributed by atoms with Crippen LogP contribution in [-0.4, -0.2) is 5.91 Å². The van der Waals surface area contributed by atoms with Crippen LogP contribution < -0.4 is 11.1 Å². The van der Waals surface area contributed by atoms with Gasteiger partial charge in [-0.1, -0.05) is 25.6 Å². The standard InChI is InChI=1S/C18H20N2O/c1-4-13-5-7-14(8-6-13)18(21)20-15-9-10-17(19)16(11-15)12(2)3/h5-11H,2,4,19H2,1,3H3,(H,20,21). The molecule has 0 atom stereocenters. The summed E-state index contributed by atoms with van der Waals surface area (Å²) in [5, 5.41) is 2.88. The molecular weight excluding hydrogens is 260 g/mol. The van der Waals surface area contributed by atoms with E-state index >= 15 is 0 Å². The molecule has 0 saturated heterocycles. The Morgan fingerprint density at radius 1 is 1.19 bits per heavy atom. The second-order valence-electron chi connectivity index (χ2n) is 5.09. The highest BCUT2D eigenvalue weighted by Gasteiger charge is 2.08. The maximum atomic E-state index is 12.2. The van der Waals surface area contributed by atoms with E-state index in [2.05, 4.69) is 18.8 Å². The van der Waals surface area contributed by atoms with Crippen LogP contribution in [0.4, 0.5) is 11.4 Å². The fourth-order valence-corrected chi connectivity index (χ4v) is 2.10. The normalized spacial score (nSPS) is 10.2. The third kappa shape index (κ3) is 3.51. The zero-order chi connectivity index (χ0) is 15.4. The van der Waals surface area contributed by atoms with E-state index in [9.17, 15) is 4.79 Å². The van der Waals surface area contributed by atoms with E-state index in [0.29, 0.717) is 16.9 Å². The fourth-order valence-electron chi connectivity index (χ4n) is 2.10. The summed E-state index contributed by atoms with van der Waals surface area (Å²) in [4.78, 5) is 12.2. The molecule has 0 radical (unpaired) electrons. The SMILES string of the molecule is C=C(C)c1cc(NC(=O)c2ccc(CC)cc2)ccc1N. The van der Waals surface area contributed by atoms with Gasteiger partial charge in [-0.25, -0.2) is 0 Å². The predicted molar refractivity (Wildman–Crippen MR) is 89.3 cm³/mol. The Hall–Kier alpha value is -2.55. The van der Waals surface area contributed by atoms with E-state index in [-0.39, 0.29) is 5.91 Å². The number of rotatable bonds is 4. The Morgan fingerprint density at radius 3 is 2.43 bits per heavy atom. The minimum atomic E-state index is -0.130. The summed E-state index contributed by atoms with van der Waals surface area (Å²) in [7, 11) is 0. The van der Waals surface area contributed by atoms with Crippen molar-refractivity contribution in [2.24, 2.45) is 0 Å². The van der Waals surface area contributed by atoms with Crippen LogP contribution in [-0.2, 0) is 6.42 Å². The molecule has 0 saturated carbocycles. The Balaban J connectivity index is 2.19. The van der Waals surface area contributed by atoms with Gasteiger partial charge in [-0.15, -0.1) is 0 Å². The molecular formula is C18H20N2O. The molecule has 0 aliphatic heterocycles. The van der Waals surface area contributed by atoms with Crippen molar-refractivity contribution >= 4 is 22.9 Å². The van der Waals surface area contributed by atoms with Crippen molar-refractivity contribution in [1.29, 1.82) is 0 Å². The number of nitrogens with one attached hydrogen (secondary N) is 1. The lowest BCUT2D eigenvalue weighted by Crippen LogP contribution is -2.12. The monoisotopic (exact) mass is 280 g/mol. The van der Waals surface area contributed by atoms with Crippen molar-refractivity contribution in [1.82, 2.24) is 0 Å². The lowest BCUT2D eigenvalue weighted by Gasteiger charge is -2.10. The van der Waals surface area contributed by atoms with Crippen molar-refractivity contribution in [2.75, 3.05) is 11.1 Å². The first-order valence-corrected chi connectivity index (χ1v) is 6.97. The Labute approximate surface area is 125 Å². The molecule has 3 N–H and O–H groups in total. The highest BCUT2D eigenvalue weighted by atomic mass is 16.1. The van der Waals surface area contributed by atoms with Crippen LogP contribution in [0.15, 0.2) is 49.0 Å². The second kappa shape index (κ2) is 6.27. The minimum absolute atomic E-state index is 0.130. The van der Waals surface area contributed by atoms with Crippen molar-refractivity contribution in [2.45, 2.75) is 20.3 Å². The average Bonchev–Trinajstić information content (AvgIpc) is 2.49. The Bertz CT molecular complexity index is 672. The third-order valence-electron chi connectivity index (χ3n) is 3.40. The number of aryl methyl sites for hydroxylation is 1. The van der Waals surface area contributed by atoms with E-state index in [1.54, 1.807) is 12.1 Å². The quantitative estimate of drug-likeness (QED) is 0.828. The molecule has 0 aliphatic rings. The highest BCUT2D eigenvalue weighted by molar-refractivity contribution is 6.04. The lowest BCUT2D eigenvalue weighted by atomic mass is 10.1. The van der Waals surface area contributed by atoms with Gasteiger partial charge >= 0.3 is 0 Å². The summed E-state index contributed by atoms with van der Waals surface area (Å²) in [6, 6.07) is 13.0. The fraction of sp³-hybridized carbons (Fsp3) is 0.167. The van der Waals surface area contributed by atoms with Gasteiger partial charge in [-0.3, -0.25) is 4.79 Å². The molecule has 0 bridgehead atoms. The number of amides is 1. The summed E-state index contributed by atoms with van der Waals surface area (Å²) in [6.45, 7) is 7.87. The highest BCUT2D eigenvalue weighted by Crippen LogP contribution is 2.24. The zero-order valence-corrected chi connectivity index (χ0v) is 12.4. The zero-order valence-electron chi connectivity index (χ0n) is 12.4. The summed E-state index contributed by atoms with van der Waals surface area (Å²) >= 11 is 0. The molecule has 3 nitrogen and oxygen atoms in total. The molecule has 1 amide bonds. The van der Waals surface area contributed by atoms with Gasteiger partial charge in [0.1, 0.15) is 0 Å². The second-order valence-corrected chi connectivity index (χ2v) is 5.09. The number of carbonyl (C=O) groups is 1. The van der Waals surface area contributed by atoms with Crippen molar-refractivity contribution in [3.63, 3.8) is 0 Å². The molecule has 0 aliphatic carbocycles. The van der Waals surface area contributed by atoms with Gasteiger partial charge in [0.05, 0.1) is 0 Å². The van der Waals surface area contributed by atoms with E-state index in [0.717, 1.165) is 17.6 Å². The number of hydrogen-bond donors (Lipinski definition) is 2. The predicted octanol–water partition coefficient (Wildman–Crippen LogP) is 4.12. The van der Waals surface area contributed by atoms with E-state index in [1.807, 2.05) is 37.3 Å². The van der Waals surface area contributed by atoms with Gasteiger partial charge in [-0.05, 0) is 54.8 Å². The van der Waals surface area contributed by atoms with E-state index in [4.69, 9.17) is 5.73 Å². The van der Waals surface area contributed by atoms with Crippen LogP contribution >= 0.6 is 0 Å². The van der Waals surface area contributed by atoms with Gasteiger partial charge in [0.2, 0.25) is 0 Å². The van der Waals surface area contributed by atoms with Crippen LogP contribution in [0.1, 0.15) is 35.3 Å². The summed E-state index contributed by atoms with van der Waals surface area (Å²) < 4.78 is 0. The molecule has 0 spiro atoms. The first-order chi connectivity index (χ1) is 10.0. The number of carbonyl (C=O) groups excluding carboxylic acids is 1. The number of hydrogen-bond acceptors (Lipinski definition) is 2. The van der Waals surface area contributed by atoms with Gasteiger partial charge < -0.3 is 11.1 Å². The van der Waals surface area contributed by atoms with Crippen molar-refractivity contribution in [3.8, 4) is 0 Å². The lowest BCUT2D eigenvalue weighted by molar-refractivity contribution is 0.102. The third-order valence-corrected chi connectivity index (χ3v) is 3.40. The van der Waals surface area contributed by atoms with Crippen LogP contribution in [0.25, 0.3) is 5.57 Å². The van der Waals surface area contributed by atoms with E-state index < -0.39 is 0 Å². The first kappa shape index (κ1) is 14.9. The molecule has 0 unspecified atom stereocenters. The maximum Gasteiger partial charge on any atom is 0.255 e. The van der Waals surface area contributed by atoms with Gasteiger partial charge in [0, 0.05) is 22.5 Å². The summed E-state index contributed by atoms with van der Waals surface area (Å²) in [5.41, 5.74) is 10.8. The van der Waals surface area contributed by atoms with Gasteiger partial charge in [0.15, 0.2) is 0 Å². The summed E-state index contributed by atoms with van der Waals surface area (Å²) in [6.07, 6.45) is 0.960. The van der Waals surface area contributed by atoms with Crippen molar-refractivity contribution in [3.05, 3.63) is 65.7 Å². The van der Waals surface area contributed by atoms with E-state index in [1.165, 1.54) is 5.56 Å². The average molecular weight is 280 g/mol. The Kier molecular flexibility index (Phi) is 4.43. The van der Waals surface area contributed by atoms with Gasteiger partial charge in [-0.2, -0.15) is 0 Å².